The Morgan fingerprint density at radius 1 is 1.05 bits per heavy atom. The highest BCUT2D eigenvalue weighted by Crippen LogP contribution is 2.20. The number of likely N-dealkylation sites (tertiary alicyclic amines) is 1. The summed E-state index contributed by atoms with van der Waals surface area (Å²) in [5.74, 6) is 0.848. The van der Waals surface area contributed by atoms with Crippen molar-refractivity contribution in [1.82, 2.24) is 15.5 Å². The van der Waals surface area contributed by atoms with Gasteiger partial charge in [0.25, 0.3) is 0 Å². The number of aliphatic hydroxyl groups is 1. The molecule has 37 heavy (non-hydrogen) atoms. The molecule has 7 nitrogen and oxygen atoms in total. The molecule has 0 atom stereocenters. The first-order valence-corrected chi connectivity index (χ1v) is 13.0. The second kappa shape index (κ2) is 13.7. The highest BCUT2D eigenvalue weighted by molar-refractivity contribution is 5.83. The van der Waals surface area contributed by atoms with Gasteiger partial charge in [-0.3, -0.25) is 19.6 Å². The second-order valence-corrected chi connectivity index (χ2v) is 9.44. The summed E-state index contributed by atoms with van der Waals surface area (Å²) in [4.78, 5) is 20.5. The van der Waals surface area contributed by atoms with E-state index in [1.54, 1.807) is 12.4 Å². The molecule has 1 heterocycles. The first kappa shape index (κ1) is 26.5. The molecule has 1 amide bonds. The van der Waals surface area contributed by atoms with Gasteiger partial charge in [0.2, 0.25) is 6.41 Å². The molecule has 1 saturated heterocycles. The summed E-state index contributed by atoms with van der Waals surface area (Å²) in [6, 6.07) is 23.3. The van der Waals surface area contributed by atoms with Crippen LogP contribution in [0.5, 0.6) is 0 Å². The summed E-state index contributed by atoms with van der Waals surface area (Å²) < 4.78 is 0. The molecule has 0 aromatic heterocycles. The third-order valence-corrected chi connectivity index (χ3v) is 6.65. The fraction of sp³-hybridized carbons (Fsp3) is 0.333. The molecule has 0 unspecified atom stereocenters. The van der Waals surface area contributed by atoms with Crippen molar-refractivity contribution in [2.75, 3.05) is 31.1 Å². The molecule has 0 bridgehead atoms. The summed E-state index contributed by atoms with van der Waals surface area (Å²) >= 11 is 0. The number of hydrogen-bond donors (Lipinski definition) is 3. The zero-order valence-corrected chi connectivity index (χ0v) is 21.5. The lowest BCUT2D eigenvalue weighted by molar-refractivity contribution is -0.106. The number of piperidine rings is 1. The number of carbonyl (C=O) groups excluding carboxylic acids is 1. The van der Waals surface area contributed by atoms with Gasteiger partial charge in [0, 0.05) is 50.8 Å². The zero-order valence-electron chi connectivity index (χ0n) is 21.5. The number of fused-ring (bicyclic) bond motifs is 1. The molecular weight excluding hydrogens is 462 g/mol. The average Bonchev–Trinajstić information content (AvgIpc) is 2.93. The molecule has 1 aliphatic rings. The van der Waals surface area contributed by atoms with Gasteiger partial charge in [0.05, 0.1) is 18.5 Å². The number of benzene rings is 3. The van der Waals surface area contributed by atoms with E-state index < -0.39 is 0 Å². The van der Waals surface area contributed by atoms with Crippen LogP contribution >= 0.6 is 0 Å². The monoisotopic (exact) mass is 499 g/mol. The number of aliphatic imine (C=N–C) groups is 1. The molecule has 7 heteroatoms. The largest absolute Gasteiger partial charge is 0.395 e. The van der Waals surface area contributed by atoms with Crippen molar-refractivity contribution in [3.8, 4) is 0 Å². The predicted molar refractivity (Wildman–Crippen MR) is 151 cm³/mol. The maximum absolute atomic E-state index is 11.6. The number of anilines is 1. The summed E-state index contributed by atoms with van der Waals surface area (Å²) in [6.07, 6.45) is 6.32. The van der Waals surface area contributed by atoms with Crippen LogP contribution in [-0.2, 0) is 17.9 Å². The average molecular weight is 500 g/mol. The van der Waals surface area contributed by atoms with Crippen LogP contribution in [0.2, 0.25) is 0 Å². The number of nitrogens with zero attached hydrogens (tertiary/aromatic N) is 3. The van der Waals surface area contributed by atoms with E-state index in [1.165, 1.54) is 21.2 Å². The normalized spacial score (nSPS) is 15.4. The number of amides is 1. The summed E-state index contributed by atoms with van der Waals surface area (Å²) in [5.41, 5.74) is 3.24. The van der Waals surface area contributed by atoms with Crippen LogP contribution in [0.3, 0.4) is 0 Å². The van der Waals surface area contributed by atoms with E-state index in [0.717, 1.165) is 56.0 Å². The number of aliphatic hydroxyl groups excluding tert-OH is 1. The Morgan fingerprint density at radius 2 is 1.78 bits per heavy atom. The van der Waals surface area contributed by atoms with E-state index in [9.17, 15) is 4.79 Å². The van der Waals surface area contributed by atoms with Gasteiger partial charge >= 0.3 is 0 Å². The third kappa shape index (κ3) is 7.98. The van der Waals surface area contributed by atoms with Gasteiger partial charge in [-0.1, -0.05) is 48.5 Å². The Hall–Kier alpha value is -3.52. The Balaban J connectivity index is 1.22. The van der Waals surface area contributed by atoms with Crippen LogP contribution in [0.1, 0.15) is 30.9 Å². The van der Waals surface area contributed by atoms with Crippen LogP contribution in [0.25, 0.3) is 10.8 Å². The van der Waals surface area contributed by atoms with Crippen LogP contribution < -0.4 is 15.5 Å². The number of amidine groups is 1. The van der Waals surface area contributed by atoms with Crippen LogP contribution in [0.4, 0.5) is 5.69 Å². The maximum atomic E-state index is 11.6. The van der Waals surface area contributed by atoms with Gasteiger partial charge in [-0.15, -0.1) is 0 Å². The quantitative estimate of drug-likeness (QED) is 0.161. The number of carbonyl (C=O) groups is 1. The zero-order chi connectivity index (χ0) is 25.9. The Kier molecular flexibility index (Phi) is 9.82. The molecule has 194 valence electrons. The van der Waals surface area contributed by atoms with E-state index in [-0.39, 0.29) is 6.61 Å². The lowest BCUT2D eigenvalue weighted by Crippen LogP contribution is -2.35. The van der Waals surface area contributed by atoms with E-state index >= 15 is 0 Å². The molecule has 0 radical (unpaired) electrons. The maximum Gasteiger partial charge on any atom is 0.218 e. The van der Waals surface area contributed by atoms with Crippen molar-refractivity contribution in [2.45, 2.75) is 38.9 Å². The summed E-state index contributed by atoms with van der Waals surface area (Å²) in [5, 5.41) is 17.8. The molecule has 1 fully saturated rings. The molecule has 3 aromatic carbocycles. The fourth-order valence-corrected chi connectivity index (χ4v) is 4.63. The predicted octanol–water partition coefficient (Wildman–Crippen LogP) is 4.03. The smallest absolute Gasteiger partial charge is 0.218 e. The molecular formula is C30H37N5O2. The van der Waals surface area contributed by atoms with Gasteiger partial charge < -0.3 is 15.7 Å². The Labute approximate surface area is 219 Å². The van der Waals surface area contributed by atoms with E-state index in [4.69, 9.17) is 10.1 Å². The van der Waals surface area contributed by atoms with Gasteiger partial charge in [-0.05, 0) is 59.9 Å². The number of rotatable bonds is 11. The molecule has 0 saturated carbocycles. The van der Waals surface area contributed by atoms with Gasteiger partial charge in [-0.2, -0.15) is 0 Å². The van der Waals surface area contributed by atoms with E-state index in [0.29, 0.717) is 19.1 Å². The van der Waals surface area contributed by atoms with E-state index in [2.05, 4.69) is 58.0 Å². The Bertz CT molecular complexity index is 1200. The second-order valence-electron chi connectivity index (χ2n) is 9.44. The third-order valence-electron chi connectivity index (χ3n) is 6.65. The minimum absolute atomic E-state index is 0.114. The molecule has 0 spiro atoms. The highest BCUT2D eigenvalue weighted by atomic mass is 16.3. The number of hydrogen-bond acceptors (Lipinski definition) is 5. The van der Waals surface area contributed by atoms with Gasteiger partial charge in [0.1, 0.15) is 0 Å². The highest BCUT2D eigenvalue weighted by Gasteiger charge is 2.18. The van der Waals surface area contributed by atoms with Crippen molar-refractivity contribution < 1.29 is 9.90 Å². The topological polar surface area (TPSA) is 80.2 Å². The van der Waals surface area contributed by atoms with Crippen LogP contribution in [-0.4, -0.2) is 54.5 Å². The van der Waals surface area contributed by atoms with Crippen molar-refractivity contribution >= 4 is 28.7 Å². The van der Waals surface area contributed by atoms with Gasteiger partial charge in [-0.25, -0.2) is 0 Å². The summed E-state index contributed by atoms with van der Waals surface area (Å²) in [6.45, 7) is 6.36. The fourth-order valence-electron chi connectivity index (χ4n) is 4.63. The molecule has 3 N–H and O–H groups in total. The first-order valence-electron chi connectivity index (χ1n) is 13.0. The molecule has 1 aliphatic heterocycles. The van der Waals surface area contributed by atoms with Crippen LogP contribution in [0, 0.1) is 0 Å². The Morgan fingerprint density at radius 3 is 2.51 bits per heavy atom. The molecule has 0 aliphatic carbocycles. The lowest BCUT2D eigenvalue weighted by atomic mass is 10.0. The van der Waals surface area contributed by atoms with E-state index in [1.807, 2.05) is 31.2 Å². The van der Waals surface area contributed by atoms with Crippen LogP contribution in [0.15, 0.2) is 84.1 Å². The first-order chi connectivity index (χ1) is 18.1. The minimum Gasteiger partial charge on any atom is -0.395 e. The minimum atomic E-state index is 0.114. The SMILES string of the molecule is CC(=NC1CCN(Cc2ccc3ccccc3c2)CC1)N/C=C\N(C=O)c1ccc(CNCCO)cc1. The van der Waals surface area contributed by atoms with Crippen molar-refractivity contribution in [1.29, 1.82) is 0 Å². The number of nitrogens with one attached hydrogen (secondary N) is 2. The van der Waals surface area contributed by atoms with Crippen molar-refractivity contribution in [2.24, 2.45) is 4.99 Å². The molecule has 3 aromatic rings. The standard InChI is InChI=1S/C30H37N5O2/c1-24(32-14-18-35(23-37)30-10-7-25(8-11-30)21-31-15-19-36)33-29-12-16-34(17-13-29)22-26-6-9-27-4-2-3-5-28(27)20-26/h2-11,14,18,20,23,29,31,36H,12-13,15-17,19,21-22H2,1H3,(H,32,33)/b18-14-. The van der Waals surface area contributed by atoms with Gasteiger partial charge in [0.15, 0.2) is 0 Å². The summed E-state index contributed by atoms with van der Waals surface area (Å²) in [7, 11) is 0. The lowest BCUT2D eigenvalue weighted by Gasteiger charge is -2.30. The van der Waals surface area contributed by atoms with Crippen molar-refractivity contribution in [3.63, 3.8) is 0 Å². The molecule has 4 rings (SSSR count). The van der Waals surface area contributed by atoms with Crippen molar-refractivity contribution in [3.05, 3.63) is 90.3 Å².